The molecule has 2 heterocycles. The predicted molar refractivity (Wildman–Crippen MR) is 112 cm³/mol. The first-order chi connectivity index (χ1) is 14.1. The van der Waals surface area contributed by atoms with Gasteiger partial charge in [-0.2, -0.15) is 0 Å². The van der Waals surface area contributed by atoms with E-state index < -0.39 is 0 Å². The van der Waals surface area contributed by atoms with E-state index in [1.165, 1.54) is 0 Å². The van der Waals surface area contributed by atoms with Crippen molar-refractivity contribution in [2.24, 2.45) is 5.92 Å². The number of hydrogen-bond donors (Lipinski definition) is 2. The zero-order valence-electron chi connectivity index (χ0n) is 17.0. The second-order valence-electron chi connectivity index (χ2n) is 8.28. The Hall–Kier alpha value is -2.18. The van der Waals surface area contributed by atoms with Crippen molar-refractivity contribution in [1.29, 1.82) is 0 Å². The number of rotatable bonds is 5. The van der Waals surface area contributed by atoms with Crippen molar-refractivity contribution in [3.05, 3.63) is 45.7 Å². The second-order valence-corrected chi connectivity index (χ2v) is 8.28. The van der Waals surface area contributed by atoms with E-state index >= 15 is 0 Å². The van der Waals surface area contributed by atoms with Crippen LogP contribution in [0.1, 0.15) is 49.8 Å². The van der Waals surface area contributed by atoms with E-state index in [1.54, 1.807) is 0 Å². The molecule has 1 aliphatic heterocycles. The minimum absolute atomic E-state index is 0.0671. The van der Waals surface area contributed by atoms with E-state index in [-0.39, 0.29) is 29.4 Å². The Balaban J connectivity index is 1.28. The first-order valence-electron chi connectivity index (χ1n) is 10.7. The minimum Gasteiger partial charge on any atom is -0.381 e. The number of benzene rings is 1. The number of aromatic amines is 1. The van der Waals surface area contributed by atoms with E-state index in [0.717, 1.165) is 60.7 Å². The van der Waals surface area contributed by atoms with Crippen molar-refractivity contribution < 1.29 is 14.3 Å². The summed E-state index contributed by atoms with van der Waals surface area (Å²) in [6.45, 7) is 3.65. The third-order valence-electron chi connectivity index (χ3n) is 6.33. The van der Waals surface area contributed by atoms with Gasteiger partial charge in [0.25, 0.3) is 0 Å². The molecular weight excluding hydrogens is 368 g/mol. The maximum Gasteiger partial charge on any atom is 0.223 e. The number of carbonyl (C=O) groups is 1. The first kappa shape index (κ1) is 20.1. The number of ether oxygens (including phenoxy) is 2. The third-order valence-corrected chi connectivity index (χ3v) is 6.33. The van der Waals surface area contributed by atoms with Crippen LogP contribution < -0.4 is 10.7 Å². The van der Waals surface area contributed by atoms with Crippen LogP contribution in [0.25, 0.3) is 10.9 Å². The zero-order chi connectivity index (χ0) is 20.2. The van der Waals surface area contributed by atoms with Crippen molar-refractivity contribution in [3.8, 4) is 0 Å². The molecular formula is C23H30N2O4. The third kappa shape index (κ3) is 4.70. The fourth-order valence-corrected chi connectivity index (χ4v) is 4.38. The molecule has 2 N–H and O–H groups in total. The lowest BCUT2D eigenvalue weighted by atomic mass is 9.91. The van der Waals surface area contributed by atoms with Gasteiger partial charge >= 0.3 is 0 Å². The van der Waals surface area contributed by atoms with E-state index in [2.05, 4.69) is 10.3 Å². The molecule has 0 spiro atoms. The molecule has 1 saturated carbocycles. The summed E-state index contributed by atoms with van der Waals surface area (Å²) in [5.74, 6) is 0.285. The maximum atomic E-state index is 12.6. The molecule has 1 aromatic heterocycles. The van der Waals surface area contributed by atoms with Crippen LogP contribution in [0.2, 0.25) is 0 Å². The Kier molecular flexibility index (Phi) is 6.31. The molecule has 29 heavy (non-hydrogen) atoms. The number of carbonyl (C=O) groups excluding carboxylic acids is 1. The number of H-pyrrole nitrogens is 1. The number of aromatic nitrogens is 1. The largest absolute Gasteiger partial charge is 0.381 e. The summed E-state index contributed by atoms with van der Waals surface area (Å²) in [6.07, 6.45) is 5.55. The summed E-state index contributed by atoms with van der Waals surface area (Å²) in [5, 5.41) is 3.94. The fraction of sp³-hybridized carbons (Fsp3) is 0.565. The van der Waals surface area contributed by atoms with E-state index in [9.17, 15) is 9.59 Å². The van der Waals surface area contributed by atoms with Gasteiger partial charge in [0.2, 0.25) is 5.91 Å². The number of hydrogen-bond acceptors (Lipinski definition) is 4. The molecule has 2 aliphatic rings. The SMILES string of the molecule is Cc1c(COC2CCC(NC(=O)C3CCOCC3)CC2)[nH]c2ccccc2c1=O. The van der Waals surface area contributed by atoms with Crippen LogP contribution in [0.15, 0.2) is 29.1 Å². The zero-order valence-corrected chi connectivity index (χ0v) is 17.0. The molecule has 0 unspecified atom stereocenters. The lowest BCUT2D eigenvalue weighted by Gasteiger charge is -2.31. The first-order valence-corrected chi connectivity index (χ1v) is 10.7. The Morgan fingerprint density at radius 2 is 1.86 bits per heavy atom. The normalized spacial score (nSPS) is 23.2. The van der Waals surface area contributed by atoms with Crippen molar-refractivity contribution in [1.82, 2.24) is 10.3 Å². The summed E-state index contributed by atoms with van der Waals surface area (Å²) >= 11 is 0. The number of pyridine rings is 1. The Morgan fingerprint density at radius 3 is 2.62 bits per heavy atom. The summed E-state index contributed by atoms with van der Waals surface area (Å²) < 4.78 is 11.5. The summed E-state index contributed by atoms with van der Waals surface area (Å²) in [4.78, 5) is 28.3. The van der Waals surface area contributed by atoms with Crippen molar-refractivity contribution in [2.45, 2.75) is 64.2 Å². The quantitative estimate of drug-likeness (QED) is 0.810. The molecule has 6 nitrogen and oxygen atoms in total. The molecule has 2 aromatic rings. The highest BCUT2D eigenvalue weighted by atomic mass is 16.5. The van der Waals surface area contributed by atoms with Gasteiger partial charge < -0.3 is 19.8 Å². The number of fused-ring (bicyclic) bond motifs is 1. The van der Waals surface area contributed by atoms with Crippen LogP contribution in [-0.2, 0) is 20.9 Å². The van der Waals surface area contributed by atoms with Crippen molar-refractivity contribution >= 4 is 16.8 Å². The highest BCUT2D eigenvalue weighted by molar-refractivity contribution is 5.79. The number of nitrogens with one attached hydrogen (secondary N) is 2. The number of amides is 1. The minimum atomic E-state index is 0.0671. The molecule has 0 atom stereocenters. The summed E-state index contributed by atoms with van der Waals surface area (Å²) in [7, 11) is 0. The maximum absolute atomic E-state index is 12.6. The van der Waals surface area contributed by atoms with Crippen LogP contribution >= 0.6 is 0 Å². The van der Waals surface area contributed by atoms with Crippen LogP contribution in [0, 0.1) is 12.8 Å². The molecule has 1 aromatic carbocycles. The van der Waals surface area contributed by atoms with Gasteiger partial charge in [0.15, 0.2) is 5.43 Å². The van der Waals surface area contributed by atoms with Gasteiger partial charge in [-0.25, -0.2) is 0 Å². The lowest BCUT2D eigenvalue weighted by molar-refractivity contribution is -0.129. The van der Waals surface area contributed by atoms with E-state index in [0.29, 0.717) is 19.8 Å². The standard InChI is InChI=1S/C23H30N2O4/c1-15-21(25-20-5-3-2-4-19(20)22(15)26)14-29-18-8-6-17(7-9-18)24-23(27)16-10-12-28-13-11-16/h2-5,16-18H,6-14H2,1H3,(H,24,27)(H,25,26). The molecule has 1 saturated heterocycles. The van der Waals surface area contributed by atoms with Gasteiger partial charge in [-0.05, 0) is 57.6 Å². The molecule has 4 rings (SSSR count). The molecule has 2 fully saturated rings. The van der Waals surface area contributed by atoms with Gasteiger partial charge in [0.05, 0.1) is 12.7 Å². The highest BCUT2D eigenvalue weighted by Gasteiger charge is 2.27. The average molecular weight is 399 g/mol. The smallest absolute Gasteiger partial charge is 0.223 e. The van der Waals surface area contributed by atoms with E-state index in [1.807, 2.05) is 31.2 Å². The molecule has 6 heteroatoms. The van der Waals surface area contributed by atoms with Crippen molar-refractivity contribution in [3.63, 3.8) is 0 Å². The molecule has 1 aliphatic carbocycles. The molecule has 156 valence electrons. The Labute approximate surface area is 171 Å². The molecule has 1 amide bonds. The average Bonchev–Trinajstić information content (AvgIpc) is 2.77. The van der Waals surface area contributed by atoms with Crippen LogP contribution in [0.3, 0.4) is 0 Å². The van der Waals surface area contributed by atoms with E-state index in [4.69, 9.17) is 9.47 Å². The van der Waals surface area contributed by atoms with Gasteiger partial charge in [-0.1, -0.05) is 12.1 Å². The lowest BCUT2D eigenvalue weighted by Crippen LogP contribution is -2.43. The van der Waals surface area contributed by atoms with Gasteiger partial charge in [-0.15, -0.1) is 0 Å². The van der Waals surface area contributed by atoms with Crippen molar-refractivity contribution in [2.75, 3.05) is 13.2 Å². The fourth-order valence-electron chi connectivity index (χ4n) is 4.38. The Bertz CT molecular complexity index is 909. The molecule has 0 radical (unpaired) electrons. The summed E-state index contributed by atoms with van der Waals surface area (Å²) in [6, 6.07) is 7.82. The number of para-hydroxylation sites is 1. The Morgan fingerprint density at radius 1 is 1.14 bits per heavy atom. The highest BCUT2D eigenvalue weighted by Crippen LogP contribution is 2.24. The predicted octanol–water partition coefficient (Wildman–Crippen LogP) is 3.21. The van der Waals surface area contributed by atoms with Gasteiger partial charge in [0, 0.05) is 47.3 Å². The topological polar surface area (TPSA) is 80.4 Å². The van der Waals surface area contributed by atoms with Crippen LogP contribution in [0.5, 0.6) is 0 Å². The van der Waals surface area contributed by atoms with Gasteiger partial charge in [-0.3, -0.25) is 9.59 Å². The van der Waals surface area contributed by atoms with Crippen LogP contribution in [0.4, 0.5) is 0 Å². The monoisotopic (exact) mass is 398 g/mol. The summed E-state index contributed by atoms with van der Waals surface area (Å²) in [5.41, 5.74) is 2.49. The second kappa shape index (κ2) is 9.09. The van der Waals surface area contributed by atoms with Crippen LogP contribution in [-0.4, -0.2) is 36.3 Å². The van der Waals surface area contributed by atoms with Gasteiger partial charge in [0.1, 0.15) is 0 Å². The molecule has 0 bridgehead atoms.